The number of rotatable bonds is 5. The van der Waals surface area contributed by atoms with E-state index in [2.05, 4.69) is 10.6 Å². The van der Waals surface area contributed by atoms with Gasteiger partial charge in [0.15, 0.2) is 0 Å². The topological polar surface area (TPSA) is 50.4 Å². The number of nitrogens with one attached hydrogen (secondary N) is 2. The fraction of sp³-hybridized carbons (Fsp3) is 0.900. The molecule has 1 saturated heterocycles. The monoisotopic (exact) mass is 200 g/mol. The third-order valence-electron chi connectivity index (χ3n) is 2.36. The van der Waals surface area contributed by atoms with Crippen LogP contribution in [0.1, 0.15) is 26.7 Å². The van der Waals surface area contributed by atoms with E-state index in [0.29, 0.717) is 6.04 Å². The molecule has 2 atom stereocenters. The first-order valence-electron chi connectivity index (χ1n) is 5.35. The lowest BCUT2D eigenvalue weighted by molar-refractivity contribution is -0.122. The molecule has 0 spiro atoms. The smallest absolute Gasteiger partial charge is 0.236 e. The molecular weight excluding hydrogens is 180 g/mol. The summed E-state index contributed by atoms with van der Waals surface area (Å²) >= 11 is 0. The van der Waals surface area contributed by atoms with Crippen molar-refractivity contribution in [1.82, 2.24) is 10.6 Å². The molecule has 0 aromatic carbocycles. The van der Waals surface area contributed by atoms with Gasteiger partial charge in [-0.1, -0.05) is 6.92 Å². The number of amides is 1. The Morgan fingerprint density at radius 1 is 1.64 bits per heavy atom. The fourth-order valence-electron chi connectivity index (χ4n) is 1.50. The minimum atomic E-state index is -0.117. The quantitative estimate of drug-likeness (QED) is 0.670. The second-order valence-corrected chi connectivity index (χ2v) is 3.74. The van der Waals surface area contributed by atoms with E-state index in [9.17, 15) is 4.79 Å². The average molecular weight is 200 g/mol. The highest BCUT2D eigenvalue weighted by molar-refractivity contribution is 5.81. The molecule has 1 amide bonds. The Labute approximate surface area is 85.4 Å². The zero-order valence-electron chi connectivity index (χ0n) is 9.01. The number of hydrogen-bond acceptors (Lipinski definition) is 3. The molecule has 1 aliphatic heterocycles. The van der Waals surface area contributed by atoms with Crippen molar-refractivity contribution in [3.63, 3.8) is 0 Å². The van der Waals surface area contributed by atoms with Gasteiger partial charge < -0.3 is 15.4 Å². The van der Waals surface area contributed by atoms with Crippen LogP contribution < -0.4 is 10.6 Å². The highest BCUT2D eigenvalue weighted by Crippen LogP contribution is 2.04. The van der Waals surface area contributed by atoms with Gasteiger partial charge in [-0.2, -0.15) is 0 Å². The van der Waals surface area contributed by atoms with Crippen LogP contribution in [-0.2, 0) is 9.53 Å². The van der Waals surface area contributed by atoms with Gasteiger partial charge in [0, 0.05) is 19.2 Å². The molecule has 0 aromatic rings. The number of ether oxygens (including phenoxy) is 1. The summed E-state index contributed by atoms with van der Waals surface area (Å²) in [5.74, 6) is 0.0822. The minimum absolute atomic E-state index is 0.0822. The van der Waals surface area contributed by atoms with Crippen LogP contribution in [0.25, 0.3) is 0 Å². The molecule has 1 heterocycles. The Hall–Kier alpha value is -0.610. The summed E-state index contributed by atoms with van der Waals surface area (Å²) in [5.41, 5.74) is 0. The summed E-state index contributed by atoms with van der Waals surface area (Å²) in [6.07, 6.45) is 1.98. The Morgan fingerprint density at radius 2 is 2.43 bits per heavy atom. The van der Waals surface area contributed by atoms with E-state index in [4.69, 9.17) is 4.74 Å². The van der Waals surface area contributed by atoms with E-state index in [1.54, 1.807) is 0 Å². The van der Waals surface area contributed by atoms with Crippen LogP contribution in [0.15, 0.2) is 0 Å². The van der Waals surface area contributed by atoms with Crippen LogP contribution in [0, 0.1) is 0 Å². The van der Waals surface area contributed by atoms with E-state index in [1.807, 2.05) is 13.8 Å². The summed E-state index contributed by atoms with van der Waals surface area (Å²) < 4.78 is 5.22. The number of carbonyl (C=O) groups is 1. The van der Waals surface area contributed by atoms with E-state index in [0.717, 1.165) is 32.6 Å². The first-order valence-corrected chi connectivity index (χ1v) is 5.35. The summed E-state index contributed by atoms with van der Waals surface area (Å²) in [5, 5.41) is 6.11. The molecule has 0 aromatic heterocycles. The molecule has 0 radical (unpaired) electrons. The maximum Gasteiger partial charge on any atom is 0.236 e. The maximum absolute atomic E-state index is 11.5. The lowest BCUT2D eigenvalue weighted by atomic mass is 10.2. The maximum atomic E-state index is 11.5. The van der Waals surface area contributed by atoms with Crippen molar-refractivity contribution in [2.75, 3.05) is 19.8 Å². The zero-order valence-corrected chi connectivity index (χ0v) is 9.01. The normalized spacial score (nSPS) is 23.4. The molecule has 0 aliphatic carbocycles. The number of carbonyl (C=O) groups excluding carboxylic acids is 1. The highest BCUT2D eigenvalue weighted by atomic mass is 16.5. The lowest BCUT2D eigenvalue weighted by Crippen LogP contribution is -2.46. The predicted molar refractivity (Wildman–Crippen MR) is 55.1 cm³/mol. The van der Waals surface area contributed by atoms with Gasteiger partial charge >= 0.3 is 0 Å². The van der Waals surface area contributed by atoms with Crippen LogP contribution >= 0.6 is 0 Å². The molecular formula is C10H20N2O2. The van der Waals surface area contributed by atoms with E-state index < -0.39 is 0 Å². The van der Waals surface area contributed by atoms with Gasteiger partial charge in [0.1, 0.15) is 0 Å². The van der Waals surface area contributed by atoms with E-state index >= 15 is 0 Å². The molecule has 1 rings (SSSR count). The second-order valence-electron chi connectivity index (χ2n) is 3.74. The molecule has 2 unspecified atom stereocenters. The fourth-order valence-corrected chi connectivity index (χ4v) is 1.50. The van der Waals surface area contributed by atoms with Gasteiger partial charge in [-0.05, 0) is 19.8 Å². The van der Waals surface area contributed by atoms with Crippen molar-refractivity contribution in [1.29, 1.82) is 0 Å². The standard InChI is InChI=1S/C10H20N2O2/c1-3-5-11-10(13)8(2)12-9-4-6-14-7-9/h8-9,12H,3-7H2,1-2H3,(H,11,13). The third kappa shape index (κ3) is 3.64. The van der Waals surface area contributed by atoms with Gasteiger partial charge in [0.05, 0.1) is 12.6 Å². The highest BCUT2D eigenvalue weighted by Gasteiger charge is 2.20. The molecule has 0 bridgehead atoms. The molecule has 14 heavy (non-hydrogen) atoms. The van der Waals surface area contributed by atoms with Gasteiger partial charge in [0.2, 0.25) is 5.91 Å². The SMILES string of the molecule is CCCNC(=O)C(C)NC1CCOC1. The lowest BCUT2D eigenvalue weighted by Gasteiger charge is -2.17. The predicted octanol–water partition coefficient (Wildman–Crippen LogP) is 0.280. The molecule has 1 aliphatic rings. The van der Waals surface area contributed by atoms with Crippen molar-refractivity contribution < 1.29 is 9.53 Å². The third-order valence-corrected chi connectivity index (χ3v) is 2.36. The molecule has 1 fully saturated rings. The molecule has 82 valence electrons. The van der Waals surface area contributed by atoms with Crippen molar-refractivity contribution in [3.8, 4) is 0 Å². The summed E-state index contributed by atoms with van der Waals surface area (Å²) in [6, 6.07) is 0.227. The second kappa shape index (κ2) is 5.98. The van der Waals surface area contributed by atoms with Crippen LogP contribution in [0.3, 0.4) is 0 Å². The van der Waals surface area contributed by atoms with Crippen molar-refractivity contribution >= 4 is 5.91 Å². The zero-order chi connectivity index (χ0) is 10.4. The van der Waals surface area contributed by atoms with Crippen LogP contribution in [0.5, 0.6) is 0 Å². The van der Waals surface area contributed by atoms with Crippen LogP contribution in [0.2, 0.25) is 0 Å². The van der Waals surface area contributed by atoms with Crippen molar-refractivity contribution in [2.45, 2.75) is 38.8 Å². The summed E-state index contributed by atoms with van der Waals surface area (Å²) in [7, 11) is 0. The Bertz CT molecular complexity index is 179. The Kier molecular flexibility index (Phi) is 4.90. The Morgan fingerprint density at radius 3 is 3.00 bits per heavy atom. The van der Waals surface area contributed by atoms with Crippen LogP contribution in [0.4, 0.5) is 0 Å². The molecule has 0 saturated carbocycles. The van der Waals surface area contributed by atoms with E-state index in [1.165, 1.54) is 0 Å². The van der Waals surface area contributed by atoms with Crippen molar-refractivity contribution in [2.24, 2.45) is 0 Å². The van der Waals surface area contributed by atoms with Crippen LogP contribution in [-0.4, -0.2) is 37.7 Å². The molecule has 4 nitrogen and oxygen atoms in total. The average Bonchev–Trinajstić information content (AvgIpc) is 2.66. The molecule has 4 heteroatoms. The van der Waals surface area contributed by atoms with E-state index in [-0.39, 0.29) is 11.9 Å². The summed E-state index contributed by atoms with van der Waals surface area (Å²) in [6.45, 7) is 6.23. The Balaban J connectivity index is 2.18. The first-order chi connectivity index (χ1) is 6.74. The first kappa shape index (κ1) is 11.5. The minimum Gasteiger partial charge on any atom is -0.380 e. The largest absolute Gasteiger partial charge is 0.380 e. The number of hydrogen-bond donors (Lipinski definition) is 2. The summed E-state index contributed by atoms with van der Waals surface area (Å²) in [4.78, 5) is 11.5. The van der Waals surface area contributed by atoms with Gasteiger partial charge in [-0.25, -0.2) is 0 Å². The van der Waals surface area contributed by atoms with Gasteiger partial charge in [0.25, 0.3) is 0 Å². The molecule has 2 N–H and O–H groups in total. The van der Waals surface area contributed by atoms with Gasteiger partial charge in [-0.15, -0.1) is 0 Å². The van der Waals surface area contributed by atoms with Gasteiger partial charge in [-0.3, -0.25) is 4.79 Å². The van der Waals surface area contributed by atoms with Crippen molar-refractivity contribution in [3.05, 3.63) is 0 Å².